The van der Waals surface area contributed by atoms with E-state index in [4.69, 9.17) is 4.74 Å². The third-order valence-electron chi connectivity index (χ3n) is 3.98. The Bertz CT molecular complexity index is 717. The Morgan fingerprint density at radius 2 is 2.00 bits per heavy atom. The Kier molecular flexibility index (Phi) is 3.31. The van der Waals surface area contributed by atoms with Crippen molar-refractivity contribution in [3.63, 3.8) is 0 Å². The van der Waals surface area contributed by atoms with Gasteiger partial charge in [-0.05, 0) is 29.8 Å². The van der Waals surface area contributed by atoms with Gasteiger partial charge in [-0.15, -0.1) is 0 Å². The number of nitrogens with zero attached hydrogens (tertiary/aromatic N) is 2. The predicted molar refractivity (Wildman–Crippen MR) is 85.3 cm³/mol. The molecule has 0 fully saturated rings. The lowest BCUT2D eigenvalue weighted by atomic mass is 9.92. The lowest BCUT2D eigenvalue weighted by molar-refractivity contribution is -0.383. The third-order valence-corrected chi connectivity index (χ3v) is 3.98. The topological polar surface area (TPSA) is 69.3 Å². The molecule has 0 saturated carbocycles. The molecule has 0 spiro atoms. The number of nitro groups is 1. The predicted octanol–water partition coefficient (Wildman–Crippen LogP) is 3.52. The molecule has 22 heavy (non-hydrogen) atoms. The molecule has 0 radical (unpaired) electrons. The lowest BCUT2D eigenvalue weighted by Crippen LogP contribution is -2.34. The molecule has 0 bridgehead atoms. The summed E-state index contributed by atoms with van der Waals surface area (Å²) in [5.41, 5.74) is 1.96. The number of ether oxygens (including phenoxy) is 1. The average molecular weight is 301 g/mol. The van der Waals surface area contributed by atoms with E-state index >= 15 is 0 Å². The van der Waals surface area contributed by atoms with Gasteiger partial charge in [0.25, 0.3) is 0 Å². The summed E-state index contributed by atoms with van der Waals surface area (Å²) in [6, 6.07) is 9.22. The SMILES string of the molecule is COc1ccc(-c2cc([N+](=O)[O-])c3n2CC(C)(C)CN3)cc1. The molecule has 0 saturated heterocycles. The molecule has 6 nitrogen and oxygen atoms in total. The number of nitrogens with one attached hydrogen (secondary N) is 1. The highest BCUT2D eigenvalue weighted by atomic mass is 16.6. The number of hydrogen-bond donors (Lipinski definition) is 1. The van der Waals surface area contributed by atoms with Gasteiger partial charge in [0, 0.05) is 24.6 Å². The number of hydrogen-bond acceptors (Lipinski definition) is 4. The Morgan fingerprint density at radius 1 is 1.32 bits per heavy atom. The van der Waals surface area contributed by atoms with E-state index in [0.717, 1.165) is 30.1 Å². The quantitative estimate of drug-likeness (QED) is 0.695. The van der Waals surface area contributed by atoms with Crippen molar-refractivity contribution in [2.45, 2.75) is 20.4 Å². The van der Waals surface area contributed by atoms with Gasteiger partial charge in [0.1, 0.15) is 5.75 Å². The van der Waals surface area contributed by atoms with Gasteiger partial charge in [-0.3, -0.25) is 10.1 Å². The minimum atomic E-state index is -0.329. The molecule has 1 aromatic heterocycles. The van der Waals surface area contributed by atoms with E-state index in [9.17, 15) is 10.1 Å². The summed E-state index contributed by atoms with van der Waals surface area (Å²) in [7, 11) is 1.62. The molecular weight excluding hydrogens is 282 g/mol. The zero-order valence-corrected chi connectivity index (χ0v) is 12.9. The smallest absolute Gasteiger partial charge is 0.311 e. The summed E-state index contributed by atoms with van der Waals surface area (Å²) >= 11 is 0. The van der Waals surface area contributed by atoms with Crippen LogP contribution in [0.2, 0.25) is 0 Å². The van der Waals surface area contributed by atoms with Crippen molar-refractivity contribution < 1.29 is 9.66 Å². The second-order valence-corrected chi connectivity index (χ2v) is 6.35. The summed E-state index contributed by atoms with van der Waals surface area (Å²) in [6.45, 7) is 5.75. The van der Waals surface area contributed by atoms with Crippen molar-refractivity contribution in [2.24, 2.45) is 5.41 Å². The van der Waals surface area contributed by atoms with Gasteiger partial charge >= 0.3 is 5.69 Å². The zero-order valence-electron chi connectivity index (χ0n) is 12.9. The molecule has 2 aromatic rings. The highest BCUT2D eigenvalue weighted by Gasteiger charge is 2.33. The van der Waals surface area contributed by atoms with Crippen LogP contribution >= 0.6 is 0 Å². The fourth-order valence-corrected chi connectivity index (χ4v) is 2.83. The van der Waals surface area contributed by atoms with Crippen LogP contribution in [0.15, 0.2) is 30.3 Å². The number of anilines is 1. The van der Waals surface area contributed by atoms with Crippen LogP contribution in [0.4, 0.5) is 11.5 Å². The second kappa shape index (κ2) is 5.05. The minimum Gasteiger partial charge on any atom is -0.497 e. The highest BCUT2D eigenvalue weighted by Crippen LogP contribution is 2.40. The van der Waals surface area contributed by atoms with E-state index in [-0.39, 0.29) is 16.0 Å². The number of methoxy groups -OCH3 is 1. The minimum absolute atomic E-state index is 0.0428. The summed E-state index contributed by atoms with van der Waals surface area (Å²) in [4.78, 5) is 11.0. The first-order valence-electron chi connectivity index (χ1n) is 7.17. The van der Waals surface area contributed by atoms with Crippen LogP contribution in [-0.4, -0.2) is 23.1 Å². The van der Waals surface area contributed by atoms with Crippen molar-refractivity contribution in [1.29, 1.82) is 0 Å². The van der Waals surface area contributed by atoms with Crippen molar-refractivity contribution in [2.75, 3.05) is 19.0 Å². The Balaban J connectivity index is 2.12. The molecule has 0 amide bonds. The number of aromatic nitrogens is 1. The van der Waals surface area contributed by atoms with Gasteiger partial charge in [-0.25, -0.2) is 0 Å². The van der Waals surface area contributed by atoms with Crippen LogP contribution in [-0.2, 0) is 6.54 Å². The standard InChI is InChI=1S/C16H19N3O3/c1-16(2)9-17-15-14(19(20)21)8-13(18(15)10-16)11-4-6-12(22-3)7-5-11/h4-8,17H,9-10H2,1-3H3. The first kappa shape index (κ1) is 14.4. The monoisotopic (exact) mass is 301 g/mol. The van der Waals surface area contributed by atoms with Crippen LogP contribution in [0, 0.1) is 15.5 Å². The molecule has 1 aromatic carbocycles. The van der Waals surface area contributed by atoms with Crippen LogP contribution in [0.1, 0.15) is 13.8 Å². The van der Waals surface area contributed by atoms with Crippen molar-refractivity contribution in [1.82, 2.24) is 4.57 Å². The maximum Gasteiger partial charge on any atom is 0.311 e. The number of fused-ring (bicyclic) bond motifs is 1. The summed E-state index contributed by atoms with van der Waals surface area (Å²) in [6.07, 6.45) is 0. The molecule has 0 atom stereocenters. The molecule has 1 aliphatic heterocycles. The van der Waals surface area contributed by atoms with E-state index in [2.05, 4.69) is 19.2 Å². The Morgan fingerprint density at radius 3 is 2.59 bits per heavy atom. The summed E-state index contributed by atoms with van der Waals surface area (Å²) in [5, 5.41) is 14.5. The Labute approximate surface area is 128 Å². The van der Waals surface area contributed by atoms with Crippen LogP contribution in [0.5, 0.6) is 5.75 Å². The summed E-state index contributed by atoms with van der Waals surface area (Å²) < 4.78 is 7.17. The first-order chi connectivity index (χ1) is 10.4. The first-order valence-corrected chi connectivity index (χ1v) is 7.17. The van der Waals surface area contributed by atoms with Gasteiger partial charge < -0.3 is 14.6 Å². The fraction of sp³-hybridized carbons (Fsp3) is 0.375. The van der Waals surface area contributed by atoms with Crippen molar-refractivity contribution in [3.8, 4) is 17.0 Å². The molecule has 0 unspecified atom stereocenters. The van der Waals surface area contributed by atoms with E-state index < -0.39 is 0 Å². The number of rotatable bonds is 3. The molecular formula is C16H19N3O3. The summed E-state index contributed by atoms with van der Waals surface area (Å²) in [5.74, 6) is 1.36. The van der Waals surface area contributed by atoms with Crippen molar-refractivity contribution in [3.05, 3.63) is 40.4 Å². The third kappa shape index (κ3) is 2.41. The van der Waals surface area contributed by atoms with Gasteiger partial charge in [0.15, 0.2) is 5.82 Å². The largest absolute Gasteiger partial charge is 0.497 e. The van der Waals surface area contributed by atoms with Crippen LogP contribution in [0.3, 0.4) is 0 Å². The molecule has 3 rings (SSSR count). The van der Waals surface area contributed by atoms with Gasteiger partial charge in [0.2, 0.25) is 0 Å². The van der Waals surface area contributed by atoms with Crippen LogP contribution < -0.4 is 10.1 Å². The fourth-order valence-electron chi connectivity index (χ4n) is 2.83. The molecule has 6 heteroatoms. The maximum atomic E-state index is 11.3. The normalized spacial score (nSPS) is 15.8. The van der Waals surface area contributed by atoms with E-state index in [1.54, 1.807) is 13.2 Å². The zero-order chi connectivity index (χ0) is 15.9. The lowest BCUT2D eigenvalue weighted by Gasteiger charge is -2.33. The molecule has 1 N–H and O–H groups in total. The van der Waals surface area contributed by atoms with E-state index in [0.29, 0.717) is 5.82 Å². The Hall–Kier alpha value is -2.50. The van der Waals surface area contributed by atoms with Gasteiger partial charge in [-0.1, -0.05) is 13.8 Å². The number of benzene rings is 1. The molecule has 2 heterocycles. The molecule has 0 aliphatic carbocycles. The molecule has 1 aliphatic rings. The van der Waals surface area contributed by atoms with Gasteiger partial charge in [0.05, 0.1) is 17.7 Å². The van der Waals surface area contributed by atoms with Crippen LogP contribution in [0.25, 0.3) is 11.3 Å². The second-order valence-electron chi connectivity index (χ2n) is 6.35. The molecule has 116 valence electrons. The average Bonchev–Trinajstić information content (AvgIpc) is 2.85. The van der Waals surface area contributed by atoms with Crippen molar-refractivity contribution >= 4 is 11.5 Å². The van der Waals surface area contributed by atoms with E-state index in [1.807, 2.05) is 28.8 Å². The van der Waals surface area contributed by atoms with Gasteiger partial charge in [-0.2, -0.15) is 0 Å². The van der Waals surface area contributed by atoms with E-state index in [1.165, 1.54) is 0 Å². The highest BCUT2D eigenvalue weighted by molar-refractivity contribution is 5.73. The maximum absolute atomic E-state index is 11.3.